The summed E-state index contributed by atoms with van der Waals surface area (Å²) in [4.78, 5) is 34.2. The van der Waals surface area contributed by atoms with Crippen LogP contribution < -0.4 is 9.80 Å². The van der Waals surface area contributed by atoms with E-state index >= 15 is 0 Å². The number of aromatic nitrogens is 1. The van der Waals surface area contributed by atoms with Gasteiger partial charge in [-0.3, -0.25) is 19.5 Å². The molecule has 2 aromatic rings. The molecule has 0 radical (unpaired) electrons. The summed E-state index contributed by atoms with van der Waals surface area (Å²) in [7, 11) is 0. The maximum Gasteiger partial charge on any atom is 0.294 e. The highest BCUT2D eigenvalue weighted by atomic mass is 16.3. The summed E-state index contributed by atoms with van der Waals surface area (Å²) in [6.07, 6.45) is 7.21. The Labute approximate surface area is 183 Å². The van der Waals surface area contributed by atoms with Crippen molar-refractivity contribution < 1.29 is 14.7 Å². The van der Waals surface area contributed by atoms with Gasteiger partial charge in [0, 0.05) is 43.3 Å². The number of hydrogen-bond donors (Lipinski definition) is 1. The first-order chi connectivity index (χ1) is 15.0. The topological polar surface area (TPSA) is 73.7 Å². The highest BCUT2D eigenvalue weighted by molar-refractivity contribution is 6.16. The lowest BCUT2D eigenvalue weighted by molar-refractivity contribution is -0.118. The first-order valence-corrected chi connectivity index (χ1v) is 11.0. The summed E-state index contributed by atoms with van der Waals surface area (Å²) in [5.74, 6) is -1.09. The molecule has 1 saturated heterocycles. The van der Waals surface area contributed by atoms with Crippen LogP contribution in [0.5, 0.6) is 0 Å². The standard InChI is InChI=1S/C25H29N3O3/c1-17(2)15-21(29)22-23(18-7-6-12-26-16-18)28(25(31)24(22)30)20-10-8-19(9-11-20)27-13-4-3-5-14-27/h6-12,16-17,23,30H,3-5,13-15H2,1-2H3. The van der Waals surface area contributed by atoms with E-state index in [1.54, 1.807) is 18.5 Å². The van der Waals surface area contributed by atoms with Crippen molar-refractivity contribution in [2.45, 2.75) is 45.6 Å². The van der Waals surface area contributed by atoms with Gasteiger partial charge in [-0.25, -0.2) is 0 Å². The van der Waals surface area contributed by atoms with Gasteiger partial charge in [-0.15, -0.1) is 0 Å². The van der Waals surface area contributed by atoms with Crippen LogP contribution in [0, 0.1) is 5.92 Å². The predicted molar refractivity (Wildman–Crippen MR) is 121 cm³/mol. The molecule has 0 aliphatic carbocycles. The van der Waals surface area contributed by atoms with E-state index in [-0.39, 0.29) is 23.7 Å². The van der Waals surface area contributed by atoms with Gasteiger partial charge in [0.1, 0.15) is 0 Å². The zero-order valence-electron chi connectivity index (χ0n) is 18.1. The number of carbonyl (C=O) groups is 2. The minimum absolute atomic E-state index is 0.121. The minimum atomic E-state index is -0.687. The Kier molecular flexibility index (Phi) is 6.07. The Morgan fingerprint density at radius 1 is 1.10 bits per heavy atom. The van der Waals surface area contributed by atoms with Crippen LogP contribution in [0.15, 0.2) is 60.1 Å². The minimum Gasteiger partial charge on any atom is -0.503 e. The highest BCUT2D eigenvalue weighted by Crippen LogP contribution is 2.41. The third-order valence-corrected chi connectivity index (χ3v) is 5.95. The zero-order chi connectivity index (χ0) is 22.0. The van der Waals surface area contributed by atoms with Crippen LogP contribution in [0.3, 0.4) is 0 Å². The molecule has 1 N–H and O–H groups in total. The molecule has 31 heavy (non-hydrogen) atoms. The fourth-order valence-electron chi connectivity index (χ4n) is 4.47. The third-order valence-electron chi connectivity index (χ3n) is 5.95. The second-order valence-electron chi connectivity index (χ2n) is 8.71. The largest absolute Gasteiger partial charge is 0.503 e. The van der Waals surface area contributed by atoms with Crippen LogP contribution in [0.4, 0.5) is 11.4 Å². The number of rotatable bonds is 6. The van der Waals surface area contributed by atoms with Crippen molar-refractivity contribution in [3.63, 3.8) is 0 Å². The lowest BCUT2D eigenvalue weighted by Gasteiger charge is -2.30. The molecule has 1 unspecified atom stereocenters. The molecule has 1 aromatic heterocycles. The number of aliphatic hydroxyl groups excluding tert-OH is 1. The van der Waals surface area contributed by atoms with Gasteiger partial charge in [0.05, 0.1) is 11.6 Å². The number of carbonyl (C=O) groups excluding carboxylic acids is 2. The fraction of sp³-hybridized carbons (Fsp3) is 0.400. The Morgan fingerprint density at radius 2 is 1.77 bits per heavy atom. The van der Waals surface area contributed by atoms with Crippen molar-refractivity contribution in [3.8, 4) is 0 Å². The van der Waals surface area contributed by atoms with Crippen LogP contribution >= 0.6 is 0 Å². The normalized spacial score (nSPS) is 19.5. The Balaban J connectivity index is 1.70. The van der Waals surface area contributed by atoms with Crippen LogP contribution in [0.2, 0.25) is 0 Å². The SMILES string of the molecule is CC(C)CC(=O)C1=C(O)C(=O)N(c2ccc(N3CCCCC3)cc2)C1c1cccnc1. The van der Waals surface area contributed by atoms with Gasteiger partial charge in [0.2, 0.25) is 0 Å². The number of anilines is 2. The highest BCUT2D eigenvalue weighted by Gasteiger charge is 2.44. The number of nitrogens with zero attached hydrogens (tertiary/aromatic N) is 3. The fourth-order valence-corrected chi connectivity index (χ4v) is 4.47. The second-order valence-corrected chi connectivity index (χ2v) is 8.71. The lowest BCUT2D eigenvalue weighted by Crippen LogP contribution is -2.31. The number of benzene rings is 1. The molecule has 1 aromatic carbocycles. The van der Waals surface area contributed by atoms with Gasteiger partial charge in [-0.05, 0) is 61.1 Å². The predicted octanol–water partition coefficient (Wildman–Crippen LogP) is 4.59. The van der Waals surface area contributed by atoms with Crippen LogP contribution in [-0.4, -0.2) is 34.9 Å². The summed E-state index contributed by atoms with van der Waals surface area (Å²) < 4.78 is 0. The molecule has 1 atom stereocenters. The van der Waals surface area contributed by atoms with Gasteiger partial charge in [-0.1, -0.05) is 19.9 Å². The van der Waals surface area contributed by atoms with Gasteiger partial charge in [0.25, 0.3) is 5.91 Å². The monoisotopic (exact) mass is 419 g/mol. The lowest BCUT2D eigenvalue weighted by atomic mass is 9.93. The molecule has 1 fully saturated rings. The van der Waals surface area contributed by atoms with Crippen LogP contribution in [0.1, 0.15) is 51.1 Å². The first-order valence-electron chi connectivity index (χ1n) is 11.0. The van der Waals surface area contributed by atoms with E-state index in [2.05, 4.69) is 9.88 Å². The summed E-state index contributed by atoms with van der Waals surface area (Å²) in [5.41, 5.74) is 2.64. The summed E-state index contributed by atoms with van der Waals surface area (Å²) in [6.45, 7) is 5.97. The molecule has 6 nitrogen and oxygen atoms in total. The molecule has 3 heterocycles. The van der Waals surface area contributed by atoms with E-state index in [1.165, 1.54) is 24.2 Å². The summed E-state index contributed by atoms with van der Waals surface area (Å²) in [5, 5.41) is 10.7. The van der Waals surface area contributed by atoms with Crippen molar-refractivity contribution in [3.05, 3.63) is 65.7 Å². The number of hydrogen-bond acceptors (Lipinski definition) is 5. The average molecular weight is 420 g/mol. The molecular weight excluding hydrogens is 390 g/mol. The number of piperidine rings is 1. The molecule has 162 valence electrons. The Morgan fingerprint density at radius 3 is 2.39 bits per heavy atom. The number of aliphatic hydroxyl groups is 1. The first kappa shape index (κ1) is 21.1. The van der Waals surface area contributed by atoms with Crippen molar-refractivity contribution in [1.82, 2.24) is 4.98 Å². The Bertz CT molecular complexity index is 977. The number of amides is 1. The molecule has 0 bridgehead atoms. The maximum absolute atomic E-state index is 13.1. The van der Waals surface area contributed by atoms with Crippen molar-refractivity contribution >= 4 is 23.1 Å². The van der Waals surface area contributed by atoms with Gasteiger partial charge in [0.15, 0.2) is 11.5 Å². The second kappa shape index (κ2) is 8.92. The molecule has 2 aliphatic rings. The quantitative estimate of drug-likeness (QED) is 0.741. The molecule has 0 spiro atoms. The maximum atomic E-state index is 13.1. The van der Waals surface area contributed by atoms with Crippen molar-refractivity contribution in [1.29, 1.82) is 0 Å². The molecular formula is C25H29N3O3. The van der Waals surface area contributed by atoms with E-state index in [9.17, 15) is 14.7 Å². The van der Waals surface area contributed by atoms with Crippen LogP contribution in [0.25, 0.3) is 0 Å². The van der Waals surface area contributed by atoms with E-state index in [0.29, 0.717) is 11.3 Å². The zero-order valence-corrected chi connectivity index (χ0v) is 18.1. The van der Waals surface area contributed by atoms with E-state index < -0.39 is 17.7 Å². The number of Topliss-reactive ketones (excluding diaryl/α,β-unsaturated/α-hetero) is 1. The molecule has 0 saturated carbocycles. The summed E-state index contributed by atoms with van der Waals surface area (Å²) in [6, 6.07) is 10.7. The van der Waals surface area contributed by atoms with Gasteiger partial charge < -0.3 is 10.0 Å². The smallest absolute Gasteiger partial charge is 0.294 e. The molecule has 4 rings (SSSR count). The van der Waals surface area contributed by atoms with Crippen molar-refractivity contribution in [2.75, 3.05) is 22.9 Å². The van der Waals surface area contributed by atoms with E-state index in [1.807, 2.05) is 44.2 Å². The number of pyridine rings is 1. The molecule has 2 aliphatic heterocycles. The number of ketones is 1. The third kappa shape index (κ3) is 4.20. The molecule has 1 amide bonds. The van der Waals surface area contributed by atoms with Gasteiger partial charge >= 0.3 is 0 Å². The van der Waals surface area contributed by atoms with E-state index in [0.717, 1.165) is 18.8 Å². The van der Waals surface area contributed by atoms with Crippen molar-refractivity contribution in [2.24, 2.45) is 5.92 Å². The Hall–Kier alpha value is -3.15. The summed E-state index contributed by atoms with van der Waals surface area (Å²) >= 11 is 0. The van der Waals surface area contributed by atoms with Crippen LogP contribution in [-0.2, 0) is 9.59 Å². The van der Waals surface area contributed by atoms with E-state index in [4.69, 9.17) is 0 Å². The average Bonchev–Trinajstić information content (AvgIpc) is 3.05. The van der Waals surface area contributed by atoms with Gasteiger partial charge in [-0.2, -0.15) is 0 Å². The molecule has 6 heteroatoms.